The van der Waals surface area contributed by atoms with E-state index in [2.05, 4.69) is 32.7 Å². The van der Waals surface area contributed by atoms with Gasteiger partial charge in [0, 0.05) is 33.4 Å². The molecular formula is C17H35IN6O. The van der Waals surface area contributed by atoms with Crippen LogP contribution in [0.15, 0.2) is 4.99 Å². The molecule has 146 valence electrons. The number of aromatic nitrogens is 3. The maximum Gasteiger partial charge on any atom is 0.191 e. The van der Waals surface area contributed by atoms with E-state index in [1.54, 1.807) is 0 Å². The van der Waals surface area contributed by atoms with Crippen LogP contribution < -0.4 is 10.6 Å². The van der Waals surface area contributed by atoms with E-state index in [1.165, 1.54) is 19.3 Å². The number of ether oxygens (including phenoxy) is 1. The van der Waals surface area contributed by atoms with E-state index in [9.17, 15) is 0 Å². The second kappa shape index (κ2) is 15.4. The van der Waals surface area contributed by atoms with E-state index in [0.29, 0.717) is 6.54 Å². The molecule has 0 radical (unpaired) electrons. The smallest absolute Gasteiger partial charge is 0.191 e. The van der Waals surface area contributed by atoms with Gasteiger partial charge in [-0.3, -0.25) is 0 Å². The number of hydrogen-bond acceptors (Lipinski definition) is 4. The second-order valence-corrected chi connectivity index (χ2v) is 5.85. The Hall–Kier alpha value is -0.900. The summed E-state index contributed by atoms with van der Waals surface area (Å²) in [4.78, 5) is 4.63. The zero-order valence-electron chi connectivity index (χ0n) is 16.2. The standard InChI is InChI=1S/C17H34N6O.HI/c1-5-7-8-9-11-18-17(19-12-10-13-24-6-2)20-14-16-22-21-15(3)23(16)4;/h5-14H2,1-4H3,(H2,18,19,20);1H. The molecule has 7 nitrogen and oxygen atoms in total. The molecular weight excluding hydrogens is 431 g/mol. The van der Waals surface area contributed by atoms with Gasteiger partial charge < -0.3 is 19.9 Å². The molecule has 0 atom stereocenters. The zero-order chi connectivity index (χ0) is 17.6. The first-order valence-corrected chi connectivity index (χ1v) is 9.13. The summed E-state index contributed by atoms with van der Waals surface area (Å²) in [7, 11) is 1.97. The van der Waals surface area contributed by atoms with Gasteiger partial charge in [-0.25, -0.2) is 4.99 Å². The highest BCUT2D eigenvalue weighted by Gasteiger charge is 2.05. The van der Waals surface area contributed by atoms with E-state index in [1.807, 2.05) is 25.5 Å². The Morgan fingerprint density at radius 2 is 1.80 bits per heavy atom. The Labute approximate surface area is 169 Å². The van der Waals surface area contributed by atoms with Gasteiger partial charge >= 0.3 is 0 Å². The third-order valence-electron chi connectivity index (χ3n) is 3.85. The number of rotatable bonds is 12. The van der Waals surface area contributed by atoms with Crippen molar-refractivity contribution in [1.29, 1.82) is 0 Å². The van der Waals surface area contributed by atoms with Gasteiger partial charge in [-0.05, 0) is 26.7 Å². The number of hydrogen-bond donors (Lipinski definition) is 2. The van der Waals surface area contributed by atoms with Gasteiger partial charge in [-0.1, -0.05) is 26.2 Å². The van der Waals surface area contributed by atoms with Crippen LogP contribution in [0.3, 0.4) is 0 Å². The lowest BCUT2D eigenvalue weighted by Crippen LogP contribution is -2.38. The summed E-state index contributed by atoms with van der Waals surface area (Å²) >= 11 is 0. The molecule has 0 aliphatic heterocycles. The molecule has 0 aromatic carbocycles. The van der Waals surface area contributed by atoms with Crippen LogP contribution in [0.1, 0.15) is 57.6 Å². The second-order valence-electron chi connectivity index (χ2n) is 5.85. The number of nitrogens with one attached hydrogen (secondary N) is 2. The Balaban J connectivity index is 0.00000576. The predicted molar refractivity (Wildman–Crippen MR) is 114 cm³/mol. The SMILES string of the molecule is CCCCCCNC(=NCc1nnc(C)n1C)NCCCOCC.I. The van der Waals surface area contributed by atoms with Crippen molar-refractivity contribution in [3.8, 4) is 0 Å². The lowest BCUT2D eigenvalue weighted by Gasteiger charge is -2.12. The summed E-state index contributed by atoms with van der Waals surface area (Å²) in [6, 6.07) is 0. The van der Waals surface area contributed by atoms with E-state index < -0.39 is 0 Å². The normalized spacial score (nSPS) is 11.3. The molecule has 0 saturated heterocycles. The Bertz CT molecular complexity index is 462. The molecule has 0 bridgehead atoms. The molecule has 0 aliphatic rings. The van der Waals surface area contributed by atoms with Crippen LogP contribution in [0.5, 0.6) is 0 Å². The number of unbranched alkanes of at least 4 members (excludes halogenated alkanes) is 3. The van der Waals surface area contributed by atoms with Crippen LogP contribution in [0, 0.1) is 6.92 Å². The summed E-state index contributed by atoms with van der Waals surface area (Å²) in [5.41, 5.74) is 0. The van der Waals surface area contributed by atoms with Gasteiger partial charge in [0.2, 0.25) is 0 Å². The van der Waals surface area contributed by atoms with Crippen LogP contribution >= 0.6 is 24.0 Å². The van der Waals surface area contributed by atoms with Crippen molar-refractivity contribution in [2.75, 3.05) is 26.3 Å². The van der Waals surface area contributed by atoms with Crippen LogP contribution in [-0.4, -0.2) is 47.0 Å². The van der Waals surface area contributed by atoms with Crippen molar-refractivity contribution >= 4 is 29.9 Å². The number of halogens is 1. The van der Waals surface area contributed by atoms with E-state index in [0.717, 1.165) is 56.8 Å². The molecule has 1 rings (SSSR count). The summed E-state index contributed by atoms with van der Waals surface area (Å²) in [6.07, 6.45) is 5.92. The first-order valence-electron chi connectivity index (χ1n) is 9.13. The van der Waals surface area contributed by atoms with Gasteiger partial charge in [-0.15, -0.1) is 34.2 Å². The summed E-state index contributed by atoms with van der Waals surface area (Å²) < 4.78 is 7.34. The van der Waals surface area contributed by atoms with Gasteiger partial charge in [-0.2, -0.15) is 0 Å². The van der Waals surface area contributed by atoms with Crippen LogP contribution in [0.4, 0.5) is 0 Å². The van der Waals surface area contributed by atoms with Crippen molar-refractivity contribution in [2.24, 2.45) is 12.0 Å². The van der Waals surface area contributed by atoms with Crippen LogP contribution in [-0.2, 0) is 18.3 Å². The van der Waals surface area contributed by atoms with E-state index in [-0.39, 0.29) is 24.0 Å². The number of aryl methyl sites for hydroxylation is 1. The molecule has 25 heavy (non-hydrogen) atoms. The van der Waals surface area contributed by atoms with Crippen molar-refractivity contribution < 1.29 is 4.74 Å². The highest BCUT2D eigenvalue weighted by Crippen LogP contribution is 2.00. The highest BCUT2D eigenvalue weighted by atomic mass is 127. The predicted octanol–water partition coefficient (Wildman–Crippen LogP) is 2.78. The van der Waals surface area contributed by atoms with Gasteiger partial charge in [0.1, 0.15) is 12.4 Å². The molecule has 8 heteroatoms. The third-order valence-corrected chi connectivity index (χ3v) is 3.85. The fourth-order valence-corrected chi connectivity index (χ4v) is 2.20. The quantitative estimate of drug-likeness (QED) is 0.215. The Morgan fingerprint density at radius 3 is 2.40 bits per heavy atom. The maximum absolute atomic E-state index is 5.37. The average molecular weight is 466 g/mol. The fraction of sp³-hybridized carbons (Fsp3) is 0.824. The molecule has 0 spiro atoms. The molecule has 0 fully saturated rings. The molecule has 1 aromatic rings. The molecule has 0 amide bonds. The first kappa shape index (κ1) is 24.1. The minimum atomic E-state index is 0. The number of guanidine groups is 1. The van der Waals surface area contributed by atoms with Crippen molar-refractivity contribution in [3.05, 3.63) is 11.6 Å². The van der Waals surface area contributed by atoms with Crippen molar-refractivity contribution in [1.82, 2.24) is 25.4 Å². The largest absolute Gasteiger partial charge is 0.382 e. The van der Waals surface area contributed by atoms with Gasteiger partial charge in [0.05, 0.1) is 0 Å². The van der Waals surface area contributed by atoms with Gasteiger partial charge in [0.15, 0.2) is 11.8 Å². The fourth-order valence-electron chi connectivity index (χ4n) is 2.20. The highest BCUT2D eigenvalue weighted by molar-refractivity contribution is 14.0. The van der Waals surface area contributed by atoms with Crippen molar-refractivity contribution in [2.45, 2.75) is 59.4 Å². The van der Waals surface area contributed by atoms with Crippen LogP contribution in [0.2, 0.25) is 0 Å². The monoisotopic (exact) mass is 466 g/mol. The Kier molecular flexibility index (Phi) is 14.8. The third kappa shape index (κ3) is 10.6. The molecule has 1 heterocycles. The average Bonchev–Trinajstić information content (AvgIpc) is 2.90. The molecule has 0 saturated carbocycles. The lowest BCUT2D eigenvalue weighted by atomic mass is 10.2. The summed E-state index contributed by atoms with van der Waals surface area (Å²) in [6.45, 7) is 10.0. The molecule has 0 unspecified atom stereocenters. The van der Waals surface area contributed by atoms with E-state index in [4.69, 9.17) is 4.74 Å². The summed E-state index contributed by atoms with van der Waals surface area (Å²) in [5, 5.41) is 15.0. The minimum Gasteiger partial charge on any atom is -0.382 e. The van der Waals surface area contributed by atoms with Crippen molar-refractivity contribution in [3.63, 3.8) is 0 Å². The minimum absolute atomic E-state index is 0. The molecule has 1 aromatic heterocycles. The molecule has 2 N–H and O–H groups in total. The lowest BCUT2D eigenvalue weighted by molar-refractivity contribution is 0.145. The summed E-state index contributed by atoms with van der Waals surface area (Å²) in [5.74, 6) is 2.61. The first-order chi connectivity index (χ1) is 11.7. The topological polar surface area (TPSA) is 76.4 Å². The number of aliphatic imine (C=N–C) groups is 1. The zero-order valence-corrected chi connectivity index (χ0v) is 18.5. The van der Waals surface area contributed by atoms with Gasteiger partial charge in [0.25, 0.3) is 0 Å². The number of nitrogens with zero attached hydrogens (tertiary/aromatic N) is 4. The maximum atomic E-state index is 5.37. The molecule has 0 aliphatic carbocycles. The van der Waals surface area contributed by atoms with Crippen LogP contribution in [0.25, 0.3) is 0 Å². The van der Waals surface area contributed by atoms with E-state index >= 15 is 0 Å². The Morgan fingerprint density at radius 1 is 1.08 bits per heavy atom.